The fourth-order valence-electron chi connectivity index (χ4n) is 4.30. The first-order valence-electron chi connectivity index (χ1n) is 12.0. The number of nitrogens with one attached hydrogen (secondary N) is 1. The fourth-order valence-corrected chi connectivity index (χ4v) is 5.33. The Morgan fingerprint density at radius 2 is 1.77 bits per heavy atom. The van der Waals surface area contributed by atoms with Gasteiger partial charge in [0.2, 0.25) is 5.95 Å². The van der Waals surface area contributed by atoms with Crippen molar-refractivity contribution in [2.45, 2.75) is 13.3 Å². The van der Waals surface area contributed by atoms with Crippen molar-refractivity contribution in [3.63, 3.8) is 0 Å². The lowest BCUT2D eigenvalue weighted by molar-refractivity contribution is 0.0664. The minimum Gasteiger partial charge on any atom is -0.336 e. The van der Waals surface area contributed by atoms with Crippen LogP contribution in [0.4, 0.5) is 11.6 Å². The number of aryl methyl sites for hydroxylation is 1. The van der Waals surface area contributed by atoms with Gasteiger partial charge in [-0.05, 0) is 61.0 Å². The molecule has 1 amide bonds. The second kappa shape index (κ2) is 10.4. The Bertz CT molecular complexity index is 1330. The minimum atomic E-state index is 0.0647. The molecule has 178 valence electrons. The Morgan fingerprint density at radius 3 is 2.60 bits per heavy atom. The van der Waals surface area contributed by atoms with Crippen molar-refractivity contribution < 1.29 is 4.79 Å². The van der Waals surface area contributed by atoms with Gasteiger partial charge in [0.1, 0.15) is 0 Å². The number of amides is 1. The van der Waals surface area contributed by atoms with E-state index in [4.69, 9.17) is 4.98 Å². The average Bonchev–Trinajstić information content (AvgIpc) is 3.39. The van der Waals surface area contributed by atoms with Crippen LogP contribution in [0, 0.1) is 0 Å². The number of rotatable bonds is 6. The van der Waals surface area contributed by atoms with E-state index < -0.39 is 0 Å². The molecule has 1 aliphatic rings. The van der Waals surface area contributed by atoms with Crippen LogP contribution >= 0.6 is 11.3 Å². The summed E-state index contributed by atoms with van der Waals surface area (Å²) in [4.78, 5) is 28.6. The van der Waals surface area contributed by atoms with Crippen LogP contribution in [0.25, 0.3) is 21.0 Å². The number of carbonyl (C=O) groups excluding carboxylic acids is 1. The number of hydrogen-bond donors (Lipinski definition) is 1. The van der Waals surface area contributed by atoms with E-state index in [9.17, 15) is 4.79 Å². The van der Waals surface area contributed by atoms with Gasteiger partial charge in [-0.1, -0.05) is 37.3 Å². The molecule has 0 saturated carbocycles. The van der Waals surface area contributed by atoms with Crippen molar-refractivity contribution >= 4 is 28.9 Å². The summed E-state index contributed by atoms with van der Waals surface area (Å²) in [7, 11) is 2.08. The summed E-state index contributed by atoms with van der Waals surface area (Å²) >= 11 is 1.73. The Balaban J connectivity index is 1.33. The lowest BCUT2D eigenvalue weighted by Crippen LogP contribution is -2.47. The van der Waals surface area contributed by atoms with E-state index in [1.54, 1.807) is 17.5 Å². The molecule has 2 aromatic heterocycles. The highest BCUT2D eigenvalue weighted by atomic mass is 32.1. The predicted octanol–water partition coefficient (Wildman–Crippen LogP) is 5.57. The maximum absolute atomic E-state index is 13.0. The molecule has 0 unspecified atom stereocenters. The topological polar surface area (TPSA) is 61.4 Å². The molecule has 1 fully saturated rings. The largest absolute Gasteiger partial charge is 0.336 e. The van der Waals surface area contributed by atoms with E-state index in [1.165, 1.54) is 16.0 Å². The van der Waals surface area contributed by atoms with Crippen LogP contribution in [0.15, 0.2) is 72.9 Å². The number of carbonyl (C=O) groups is 1. The summed E-state index contributed by atoms with van der Waals surface area (Å²) in [6, 6.07) is 22.3. The molecule has 4 aromatic rings. The van der Waals surface area contributed by atoms with Crippen molar-refractivity contribution in [3.05, 3.63) is 84.1 Å². The Hall–Kier alpha value is -3.55. The maximum atomic E-state index is 13.0. The van der Waals surface area contributed by atoms with Crippen molar-refractivity contribution in [1.82, 2.24) is 19.8 Å². The zero-order chi connectivity index (χ0) is 24.2. The molecular weight excluding hydrogens is 454 g/mol. The Labute approximate surface area is 210 Å². The standard InChI is InChI=1S/C28H29N5OS/c1-3-20-7-4-5-10-23(20)25-11-12-26(35-25)24-13-14-29-28(31-24)30-22-9-6-8-21(19-22)27(34)33-17-15-32(2)16-18-33/h4-14,19H,3,15-18H2,1-2H3,(H,29,30,31). The number of aromatic nitrogens is 2. The normalized spacial score (nSPS) is 14.2. The van der Waals surface area contributed by atoms with Crippen LogP contribution in [0.1, 0.15) is 22.8 Å². The van der Waals surface area contributed by atoms with Crippen LogP contribution in [0.5, 0.6) is 0 Å². The molecule has 0 radical (unpaired) electrons. The van der Waals surface area contributed by atoms with Gasteiger partial charge in [-0.2, -0.15) is 0 Å². The van der Waals surface area contributed by atoms with Gasteiger partial charge in [0, 0.05) is 48.5 Å². The summed E-state index contributed by atoms with van der Waals surface area (Å²) in [5.41, 5.74) is 4.97. The van der Waals surface area contributed by atoms with E-state index in [0.29, 0.717) is 11.5 Å². The van der Waals surface area contributed by atoms with Crippen molar-refractivity contribution in [2.24, 2.45) is 0 Å². The molecular formula is C28H29N5OS. The molecule has 7 heteroatoms. The van der Waals surface area contributed by atoms with Crippen molar-refractivity contribution in [3.8, 4) is 21.0 Å². The lowest BCUT2D eigenvalue weighted by atomic mass is 10.0. The first-order chi connectivity index (χ1) is 17.1. The molecule has 6 nitrogen and oxygen atoms in total. The molecule has 1 saturated heterocycles. The highest BCUT2D eigenvalue weighted by Crippen LogP contribution is 2.35. The number of piperazine rings is 1. The quantitative estimate of drug-likeness (QED) is 0.389. The van der Waals surface area contributed by atoms with Gasteiger partial charge < -0.3 is 15.1 Å². The monoisotopic (exact) mass is 483 g/mol. The molecule has 2 aromatic carbocycles. The van der Waals surface area contributed by atoms with E-state index in [-0.39, 0.29) is 5.91 Å². The fraction of sp³-hybridized carbons (Fsp3) is 0.250. The second-order valence-electron chi connectivity index (χ2n) is 8.74. The van der Waals surface area contributed by atoms with Crippen LogP contribution in [-0.2, 0) is 6.42 Å². The van der Waals surface area contributed by atoms with Crippen LogP contribution in [0.2, 0.25) is 0 Å². The molecule has 0 spiro atoms. The van der Waals surface area contributed by atoms with Gasteiger partial charge >= 0.3 is 0 Å². The molecule has 3 heterocycles. The van der Waals surface area contributed by atoms with Gasteiger partial charge in [-0.3, -0.25) is 4.79 Å². The molecule has 0 aliphatic carbocycles. The summed E-state index contributed by atoms with van der Waals surface area (Å²) in [6.07, 6.45) is 2.77. The second-order valence-corrected chi connectivity index (χ2v) is 9.83. The third-order valence-corrected chi connectivity index (χ3v) is 7.47. The zero-order valence-corrected chi connectivity index (χ0v) is 20.9. The van der Waals surface area contributed by atoms with Gasteiger partial charge in [-0.25, -0.2) is 9.97 Å². The summed E-state index contributed by atoms with van der Waals surface area (Å²) in [5.74, 6) is 0.575. The number of likely N-dealkylation sites (N-methyl/N-ethyl adjacent to an activating group) is 1. The van der Waals surface area contributed by atoms with Crippen molar-refractivity contribution in [1.29, 1.82) is 0 Å². The number of benzene rings is 2. The number of anilines is 2. The average molecular weight is 484 g/mol. The minimum absolute atomic E-state index is 0.0647. The summed E-state index contributed by atoms with van der Waals surface area (Å²) < 4.78 is 0. The van der Waals surface area contributed by atoms with Crippen LogP contribution in [0.3, 0.4) is 0 Å². The van der Waals surface area contributed by atoms with E-state index in [1.807, 2.05) is 35.2 Å². The third kappa shape index (κ3) is 5.26. The number of nitrogens with zero attached hydrogens (tertiary/aromatic N) is 4. The molecule has 35 heavy (non-hydrogen) atoms. The third-order valence-electron chi connectivity index (χ3n) is 6.33. The van der Waals surface area contributed by atoms with Gasteiger partial charge in [-0.15, -0.1) is 11.3 Å². The maximum Gasteiger partial charge on any atom is 0.254 e. The van der Waals surface area contributed by atoms with Gasteiger partial charge in [0.05, 0.1) is 10.6 Å². The SMILES string of the molecule is CCc1ccccc1-c1ccc(-c2ccnc(Nc3cccc(C(=O)N4CCN(C)CC4)c3)n2)s1. The number of thiophene rings is 1. The summed E-state index contributed by atoms with van der Waals surface area (Å²) in [6.45, 7) is 5.49. The van der Waals surface area contributed by atoms with E-state index >= 15 is 0 Å². The highest BCUT2D eigenvalue weighted by molar-refractivity contribution is 7.18. The van der Waals surface area contributed by atoms with E-state index in [0.717, 1.165) is 48.9 Å². The summed E-state index contributed by atoms with van der Waals surface area (Å²) in [5, 5.41) is 3.28. The Morgan fingerprint density at radius 1 is 0.971 bits per heavy atom. The smallest absolute Gasteiger partial charge is 0.254 e. The van der Waals surface area contributed by atoms with E-state index in [2.05, 4.69) is 65.6 Å². The van der Waals surface area contributed by atoms with Gasteiger partial charge in [0.15, 0.2) is 0 Å². The highest BCUT2D eigenvalue weighted by Gasteiger charge is 2.20. The van der Waals surface area contributed by atoms with Gasteiger partial charge in [0.25, 0.3) is 5.91 Å². The first kappa shape index (κ1) is 23.2. The first-order valence-corrected chi connectivity index (χ1v) is 12.8. The van der Waals surface area contributed by atoms with Crippen molar-refractivity contribution in [2.75, 3.05) is 38.5 Å². The zero-order valence-electron chi connectivity index (χ0n) is 20.1. The molecule has 1 aliphatic heterocycles. The number of hydrogen-bond acceptors (Lipinski definition) is 6. The Kier molecular flexibility index (Phi) is 6.88. The van der Waals surface area contributed by atoms with Crippen LogP contribution in [-0.4, -0.2) is 58.9 Å². The van der Waals surface area contributed by atoms with Crippen LogP contribution < -0.4 is 5.32 Å². The molecule has 5 rings (SSSR count). The molecule has 1 N–H and O–H groups in total. The molecule has 0 atom stereocenters. The predicted molar refractivity (Wildman–Crippen MR) is 143 cm³/mol. The molecule has 0 bridgehead atoms. The lowest BCUT2D eigenvalue weighted by Gasteiger charge is -2.32.